The monoisotopic (exact) mass is 607 g/mol. The normalized spacial score (nSPS) is 11.7. The average molecular weight is 608 g/mol. The van der Waals surface area contributed by atoms with Gasteiger partial charge in [0.15, 0.2) is 11.6 Å². The number of ether oxygens (including phenoxy) is 3. The number of sulfonamides is 1. The number of anilines is 1. The summed E-state index contributed by atoms with van der Waals surface area (Å²) >= 11 is 0. The molecule has 0 atom stereocenters. The van der Waals surface area contributed by atoms with Gasteiger partial charge < -0.3 is 18.6 Å². The first-order valence-corrected chi connectivity index (χ1v) is 14.8. The van der Waals surface area contributed by atoms with Gasteiger partial charge >= 0.3 is 5.91 Å². The van der Waals surface area contributed by atoms with Gasteiger partial charge in [0.2, 0.25) is 5.75 Å². The van der Waals surface area contributed by atoms with Crippen molar-refractivity contribution in [2.24, 2.45) is 5.10 Å². The van der Waals surface area contributed by atoms with Crippen molar-refractivity contribution in [3.05, 3.63) is 84.6 Å². The second kappa shape index (κ2) is 13.8. The molecule has 0 aliphatic rings. The number of hydrazone groups is 1. The van der Waals surface area contributed by atoms with Gasteiger partial charge in [-0.25, -0.2) is 18.8 Å². The Morgan fingerprint density at radius 3 is 2.51 bits per heavy atom. The number of hydrogen-bond acceptors (Lipinski definition) is 10. The van der Waals surface area contributed by atoms with Crippen molar-refractivity contribution in [1.29, 1.82) is 0 Å². The number of aromatic nitrogens is 2. The molecule has 226 valence electrons. The van der Waals surface area contributed by atoms with Crippen molar-refractivity contribution >= 4 is 28.0 Å². The number of nitrogens with zero attached hydrogens (tertiary/aromatic N) is 3. The zero-order valence-corrected chi connectivity index (χ0v) is 25.1. The van der Waals surface area contributed by atoms with Crippen molar-refractivity contribution in [1.82, 2.24) is 15.4 Å². The number of carbonyl (C=O) groups excluding carboxylic acids is 1. The summed E-state index contributed by atoms with van der Waals surface area (Å²) in [5.41, 5.74) is 3.24. The third kappa shape index (κ3) is 8.55. The highest BCUT2D eigenvalue weighted by Crippen LogP contribution is 2.37. The maximum atomic E-state index is 13.3. The Balaban J connectivity index is 1.49. The van der Waals surface area contributed by atoms with Gasteiger partial charge in [-0.3, -0.25) is 9.52 Å². The molecule has 4 rings (SSSR count). The van der Waals surface area contributed by atoms with Crippen molar-refractivity contribution in [3.63, 3.8) is 0 Å². The first kappa shape index (κ1) is 31.0. The number of rotatable bonds is 13. The van der Waals surface area contributed by atoms with E-state index in [4.69, 9.17) is 18.6 Å². The molecule has 0 saturated heterocycles. The van der Waals surface area contributed by atoms with Gasteiger partial charge in [-0.05, 0) is 60.2 Å². The second-order valence-corrected chi connectivity index (χ2v) is 11.9. The number of hydrogen-bond donors (Lipinski definition) is 2. The van der Waals surface area contributed by atoms with Crippen LogP contribution in [0.3, 0.4) is 0 Å². The van der Waals surface area contributed by atoms with Crippen LogP contribution < -0.4 is 24.4 Å². The predicted molar refractivity (Wildman–Crippen MR) is 160 cm³/mol. The minimum absolute atomic E-state index is 0.0231. The number of carbonyl (C=O) groups is 1. The molecule has 0 radical (unpaired) electrons. The molecule has 0 bridgehead atoms. The Bertz CT molecular complexity index is 1650. The number of unbranched alkanes of at least 4 members (excludes halogenated alkanes) is 1. The number of benzene rings is 2. The van der Waals surface area contributed by atoms with E-state index in [0.717, 1.165) is 5.56 Å². The molecule has 0 spiro atoms. The van der Waals surface area contributed by atoms with E-state index in [-0.39, 0.29) is 40.1 Å². The fourth-order valence-electron chi connectivity index (χ4n) is 3.70. The highest BCUT2D eigenvalue weighted by atomic mass is 32.2. The molecule has 13 heteroatoms. The Labute approximate surface area is 250 Å². The smallest absolute Gasteiger partial charge is 0.307 e. The minimum Gasteiger partial charge on any atom is -0.497 e. The molecule has 0 fully saturated rings. The van der Waals surface area contributed by atoms with Crippen molar-refractivity contribution in [2.75, 3.05) is 18.4 Å². The number of amides is 1. The topological polar surface area (TPSA) is 154 Å². The SMILES string of the molecule is COc1cccc(Oc2c(NS(=O)(=O)c3ccc(C(C)(C)C)cc3)ncnc2OCCC/C=N/NC(=O)c2ccco2)c1. The van der Waals surface area contributed by atoms with E-state index < -0.39 is 15.9 Å². The molecular formula is C30H33N5O7S. The average Bonchev–Trinajstić information content (AvgIpc) is 3.53. The molecular weight excluding hydrogens is 574 g/mol. The lowest BCUT2D eigenvalue weighted by molar-refractivity contribution is 0.0927. The summed E-state index contributed by atoms with van der Waals surface area (Å²) in [6, 6.07) is 16.6. The van der Waals surface area contributed by atoms with E-state index in [2.05, 4.69) is 25.2 Å². The quantitative estimate of drug-likeness (QED) is 0.113. The van der Waals surface area contributed by atoms with E-state index in [9.17, 15) is 13.2 Å². The van der Waals surface area contributed by atoms with Crippen LogP contribution >= 0.6 is 0 Å². The fourth-order valence-corrected chi connectivity index (χ4v) is 4.72. The Kier molecular flexibility index (Phi) is 9.99. The first-order valence-electron chi connectivity index (χ1n) is 13.4. The largest absolute Gasteiger partial charge is 0.497 e. The number of furan rings is 1. The van der Waals surface area contributed by atoms with Crippen LogP contribution in [0.1, 0.15) is 49.7 Å². The zero-order chi connectivity index (χ0) is 30.9. The van der Waals surface area contributed by atoms with E-state index >= 15 is 0 Å². The van der Waals surface area contributed by atoms with Crippen LogP contribution in [0.4, 0.5) is 5.82 Å². The van der Waals surface area contributed by atoms with E-state index in [1.54, 1.807) is 54.6 Å². The molecule has 0 aliphatic carbocycles. The highest BCUT2D eigenvalue weighted by Gasteiger charge is 2.23. The van der Waals surface area contributed by atoms with E-state index in [0.29, 0.717) is 24.3 Å². The van der Waals surface area contributed by atoms with Crippen LogP contribution in [0.15, 0.2) is 87.7 Å². The Morgan fingerprint density at radius 1 is 1.05 bits per heavy atom. The lowest BCUT2D eigenvalue weighted by Crippen LogP contribution is -2.17. The number of methoxy groups -OCH3 is 1. The lowest BCUT2D eigenvalue weighted by atomic mass is 9.87. The summed E-state index contributed by atoms with van der Waals surface area (Å²) in [7, 11) is -2.51. The maximum Gasteiger partial charge on any atom is 0.307 e. The highest BCUT2D eigenvalue weighted by molar-refractivity contribution is 7.92. The van der Waals surface area contributed by atoms with Crippen LogP contribution in [0, 0.1) is 0 Å². The molecule has 2 heterocycles. The summed E-state index contributed by atoms with van der Waals surface area (Å²) in [5, 5.41) is 3.88. The molecule has 2 aromatic carbocycles. The van der Waals surface area contributed by atoms with Gasteiger partial charge in [0.05, 0.1) is 24.9 Å². The molecule has 0 aliphatic heterocycles. The third-order valence-corrected chi connectivity index (χ3v) is 7.37. The van der Waals surface area contributed by atoms with Gasteiger partial charge in [0, 0.05) is 12.3 Å². The molecule has 12 nitrogen and oxygen atoms in total. The third-order valence-electron chi connectivity index (χ3n) is 6.01. The molecule has 43 heavy (non-hydrogen) atoms. The minimum atomic E-state index is -4.04. The Hall–Kier alpha value is -4.91. The van der Waals surface area contributed by atoms with Gasteiger partial charge in [-0.15, -0.1) is 0 Å². The molecule has 2 N–H and O–H groups in total. The van der Waals surface area contributed by atoms with Crippen LogP contribution in [-0.2, 0) is 15.4 Å². The summed E-state index contributed by atoms with van der Waals surface area (Å²) < 4.78 is 51.3. The summed E-state index contributed by atoms with van der Waals surface area (Å²) in [6.45, 7) is 6.33. The predicted octanol–water partition coefficient (Wildman–Crippen LogP) is 5.54. The van der Waals surface area contributed by atoms with E-state index in [1.165, 1.54) is 32.0 Å². The van der Waals surface area contributed by atoms with Gasteiger partial charge in [0.1, 0.15) is 17.8 Å². The molecule has 4 aromatic rings. The first-order chi connectivity index (χ1) is 20.6. The standard InChI is InChI=1S/C30H33N5O7S/c1-30(2,3)21-12-14-24(15-13-21)43(37,38)35-27-26(42-23-10-7-9-22(19-23)39-4)29(32-20-31-27)41-17-6-5-16-33-34-28(36)25-11-8-18-40-25/h7-16,18-20H,5-6,17H2,1-4H3,(H,34,36)(H,31,32,35)/b33-16+. The summed E-state index contributed by atoms with van der Waals surface area (Å²) in [6.07, 6.45) is 5.09. The summed E-state index contributed by atoms with van der Waals surface area (Å²) in [4.78, 5) is 20.2. The molecule has 1 amide bonds. The second-order valence-electron chi connectivity index (χ2n) is 10.2. The molecule has 2 aromatic heterocycles. The van der Waals surface area contributed by atoms with Crippen LogP contribution in [0.5, 0.6) is 23.1 Å². The van der Waals surface area contributed by atoms with Crippen molar-refractivity contribution in [2.45, 2.75) is 43.9 Å². The molecule has 0 unspecified atom stereocenters. The van der Waals surface area contributed by atoms with Gasteiger partial charge in [-0.1, -0.05) is 39.0 Å². The van der Waals surface area contributed by atoms with E-state index in [1.807, 2.05) is 20.8 Å². The van der Waals surface area contributed by atoms with Crippen LogP contribution in [-0.4, -0.2) is 44.2 Å². The van der Waals surface area contributed by atoms with Crippen molar-refractivity contribution < 1.29 is 31.8 Å². The van der Waals surface area contributed by atoms with Crippen molar-refractivity contribution in [3.8, 4) is 23.1 Å². The van der Waals surface area contributed by atoms with Gasteiger partial charge in [0.25, 0.3) is 15.9 Å². The summed E-state index contributed by atoms with van der Waals surface area (Å²) in [5.74, 6) is 0.491. The van der Waals surface area contributed by atoms with Crippen LogP contribution in [0.2, 0.25) is 0 Å². The maximum absolute atomic E-state index is 13.3. The Morgan fingerprint density at radius 2 is 1.81 bits per heavy atom. The van der Waals surface area contributed by atoms with Crippen LogP contribution in [0.25, 0.3) is 0 Å². The zero-order valence-electron chi connectivity index (χ0n) is 24.2. The fraction of sp³-hybridized carbons (Fsp3) is 0.267. The number of nitrogens with one attached hydrogen (secondary N) is 2. The van der Waals surface area contributed by atoms with Gasteiger partial charge in [-0.2, -0.15) is 10.1 Å². The molecule has 0 saturated carbocycles. The lowest BCUT2D eigenvalue weighted by Gasteiger charge is -2.19.